The molecule has 134 valence electrons. The smallest absolute Gasteiger partial charge is 0.0701 e. The summed E-state index contributed by atoms with van der Waals surface area (Å²) in [5.74, 6) is 0. The van der Waals surface area contributed by atoms with Gasteiger partial charge in [-0.3, -0.25) is 0 Å². The van der Waals surface area contributed by atoms with Gasteiger partial charge in [-0.25, -0.2) is 0 Å². The molecule has 0 aliphatic heterocycles. The first-order chi connectivity index (χ1) is 10.9. The number of hydrogen-bond donors (Lipinski definition) is 1. The average Bonchev–Trinajstić information content (AvgIpc) is 2.54. The van der Waals surface area contributed by atoms with E-state index in [1.807, 2.05) is 0 Å². The van der Waals surface area contributed by atoms with Gasteiger partial charge in [0.25, 0.3) is 0 Å². The molecule has 0 saturated heterocycles. The van der Waals surface area contributed by atoms with E-state index in [0.717, 1.165) is 6.61 Å². The van der Waals surface area contributed by atoms with Gasteiger partial charge in [-0.15, -0.1) is 0 Å². The van der Waals surface area contributed by atoms with Crippen LogP contribution in [-0.4, -0.2) is 46.2 Å². The zero-order chi connectivity index (χ0) is 16.1. The van der Waals surface area contributed by atoms with E-state index >= 15 is 0 Å². The normalized spacial score (nSPS) is 11.2. The van der Waals surface area contributed by atoms with Crippen LogP contribution < -0.4 is 5.73 Å². The molecule has 0 unspecified atom stereocenters. The summed E-state index contributed by atoms with van der Waals surface area (Å²) >= 11 is 0. The molecule has 0 amide bonds. The third-order valence-electron chi connectivity index (χ3n) is 3.65. The molecule has 22 heavy (non-hydrogen) atoms. The summed E-state index contributed by atoms with van der Waals surface area (Å²) in [6.45, 7) is 6.91. The summed E-state index contributed by atoms with van der Waals surface area (Å²) in [5.41, 5.74) is 5.31. The summed E-state index contributed by atoms with van der Waals surface area (Å²) in [6.07, 6.45) is 13.6. The first kappa shape index (κ1) is 21.8. The van der Waals surface area contributed by atoms with Gasteiger partial charge in [0.1, 0.15) is 0 Å². The summed E-state index contributed by atoms with van der Waals surface area (Å²) in [4.78, 5) is 0. The highest BCUT2D eigenvalue weighted by Gasteiger charge is 1.94. The Hall–Kier alpha value is -0.160. The molecule has 4 heteroatoms. The summed E-state index contributed by atoms with van der Waals surface area (Å²) < 4.78 is 16.1. The molecule has 0 atom stereocenters. The highest BCUT2D eigenvalue weighted by Crippen LogP contribution is 2.10. The second-order valence-electron chi connectivity index (χ2n) is 5.81. The van der Waals surface area contributed by atoms with E-state index in [4.69, 9.17) is 19.9 Å². The van der Waals surface area contributed by atoms with Crippen molar-refractivity contribution < 1.29 is 14.2 Å². The van der Waals surface area contributed by atoms with Crippen LogP contribution in [0.2, 0.25) is 0 Å². The van der Waals surface area contributed by atoms with Crippen molar-refractivity contribution in [1.29, 1.82) is 0 Å². The van der Waals surface area contributed by atoms with Crippen LogP contribution in [0.15, 0.2) is 0 Å². The summed E-state index contributed by atoms with van der Waals surface area (Å²) in [7, 11) is 0. The van der Waals surface area contributed by atoms with Crippen LogP contribution in [0, 0.1) is 0 Å². The number of unbranched alkanes of at least 4 members (excludes halogenated alkanes) is 9. The number of ether oxygens (including phenoxy) is 3. The Bertz CT molecular complexity index is 171. The van der Waals surface area contributed by atoms with Crippen molar-refractivity contribution in [2.24, 2.45) is 5.73 Å². The molecule has 0 aliphatic rings. The van der Waals surface area contributed by atoms with Crippen molar-refractivity contribution in [1.82, 2.24) is 0 Å². The molecular weight excluding hydrogens is 278 g/mol. The molecule has 2 N–H and O–H groups in total. The highest BCUT2D eigenvalue weighted by atomic mass is 16.5. The monoisotopic (exact) mass is 317 g/mol. The van der Waals surface area contributed by atoms with Crippen LogP contribution in [0.1, 0.15) is 71.1 Å². The highest BCUT2D eigenvalue weighted by molar-refractivity contribution is 4.47. The minimum absolute atomic E-state index is 0.571. The Morgan fingerprint density at radius 1 is 0.500 bits per heavy atom. The maximum absolute atomic E-state index is 5.55. The molecule has 0 aromatic heterocycles. The van der Waals surface area contributed by atoms with Gasteiger partial charge in [0, 0.05) is 13.2 Å². The van der Waals surface area contributed by atoms with Crippen LogP contribution in [0.5, 0.6) is 0 Å². The zero-order valence-corrected chi connectivity index (χ0v) is 14.8. The van der Waals surface area contributed by atoms with E-state index in [-0.39, 0.29) is 0 Å². The second kappa shape index (κ2) is 20.8. The van der Waals surface area contributed by atoms with Gasteiger partial charge in [-0.2, -0.15) is 0 Å². The minimum atomic E-state index is 0.571. The molecule has 0 heterocycles. The van der Waals surface area contributed by atoms with E-state index in [1.54, 1.807) is 0 Å². The quantitative estimate of drug-likeness (QED) is 0.367. The van der Waals surface area contributed by atoms with E-state index in [0.29, 0.717) is 39.6 Å². The largest absolute Gasteiger partial charge is 0.379 e. The first-order valence-electron chi connectivity index (χ1n) is 9.35. The van der Waals surface area contributed by atoms with Crippen molar-refractivity contribution in [3.63, 3.8) is 0 Å². The van der Waals surface area contributed by atoms with Crippen LogP contribution >= 0.6 is 0 Å². The third kappa shape index (κ3) is 19.8. The minimum Gasteiger partial charge on any atom is -0.379 e. The Morgan fingerprint density at radius 3 is 1.41 bits per heavy atom. The molecule has 0 spiro atoms. The molecule has 4 nitrogen and oxygen atoms in total. The number of nitrogens with two attached hydrogens (primary N) is 1. The maximum atomic E-state index is 5.55. The third-order valence-corrected chi connectivity index (χ3v) is 3.65. The molecule has 0 rings (SSSR count). The van der Waals surface area contributed by atoms with Crippen LogP contribution in [0.25, 0.3) is 0 Å². The fourth-order valence-electron chi connectivity index (χ4n) is 2.32. The molecule has 0 aliphatic carbocycles. The molecule has 0 saturated carbocycles. The van der Waals surface area contributed by atoms with Gasteiger partial charge in [-0.05, 0) is 6.42 Å². The van der Waals surface area contributed by atoms with E-state index < -0.39 is 0 Å². The average molecular weight is 318 g/mol. The van der Waals surface area contributed by atoms with Crippen molar-refractivity contribution >= 4 is 0 Å². The summed E-state index contributed by atoms with van der Waals surface area (Å²) in [6, 6.07) is 0. The molecule has 0 radical (unpaired) electrons. The number of hydrogen-bond acceptors (Lipinski definition) is 4. The Kier molecular flexibility index (Phi) is 20.7. The van der Waals surface area contributed by atoms with Crippen molar-refractivity contribution in [2.75, 3.05) is 46.2 Å². The van der Waals surface area contributed by atoms with E-state index in [9.17, 15) is 0 Å². The van der Waals surface area contributed by atoms with Crippen LogP contribution in [0.3, 0.4) is 0 Å². The van der Waals surface area contributed by atoms with Gasteiger partial charge in [0.15, 0.2) is 0 Å². The van der Waals surface area contributed by atoms with Crippen LogP contribution in [0.4, 0.5) is 0 Å². The SMILES string of the molecule is CCCCCCCCCCCCOCCOCCOCCN. The lowest BCUT2D eigenvalue weighted by molar-refractivity contribution is 0.0153. The molecule has 0 bridgehead atoms. The molecule has 0 fully saturated rings. The van der Waals surface area contributed by atoms with Gasteiger partial charge in [0.2, 0.25) is 0 Å². The Balaban J connectivity index is 2.91. The molecular formula is C18H39NO3. The van der Waals surface area contributed by atoms with E-state index in [2.05, 4.69) is 6.92 Å². The Morgan fingerprint density at radius 2 is 0.909 bits per heavy atom. The van der Waals surface area contributed by atoms with Gasteiger partial charge in [-0.1, -0.05) is 64.7 Å². The predicted molar refractivity (Wildman–Crippen MR) is 93.4 cm³/mol. The first-order valence-corrected chi connectivity index (χ1v) is 9.35. The Labute approximate surface area is 138 Å². The second-order valence-corrected chi connectivity index (χ2v) is 5.81. The lowest BCUT2D eigenvalue weighted by Crippen LogP contribution is -2.13. The predicted octanol–water partition coefficient (Wildman–Crippen LogP) is 3.92. The lowest BCUT2D eigenvalue weighted by atomic mass is 10.1. The number of rotatable bonds is 19. The van der Waals surface area contributed by atoms with Gasteiger partial charge < -0.3 is 19.9 Å². The molecule has 0 aromatic carbocycles. The zero-order valence-electron chi connectivity index (χ0n) is 14.8. The molecule has 0 aromatic rings. The van der Waals surface area contributed by atoms with Gasteiger partial charge in [0.05, 0.1) is 33.0 Å². The standard InChI is InChI=1S/C18H39NO3/c1-2-3-4-5-6-7-8-9-10-11-13-20-15-17-22-18-16-21-14-12-19/h2-19H2,1H3. The fourth-order valence-corrected chi connectivity index (χ4v) is 2.32. The van der Waals surface area contributed by atoms with Crippen molar-refractivity contribution in [2.45, 2.75) is 71.1 Å². The summed E-state index contributed by atoms with van der Waals surface area (Å²) in [5, 5.41) is 0. The lowest BCUT2D eigenvalue weighted by Gasteiger charge is -2.06. The van der Waals surface area contributed by atoms with Crippen molar-refractivity contribution in [3.05, 3.63) is 0 Å². The maximum Gasteiger partial charge on any atom is 0.0701 e. The van der Waals surface area contributed by atoms with Crippen LogP contribution in [-0.2, 0) is 14.2 Å². The van der Waals surface area contributed by atoms with Gasteiger partial charge >= 0.3 is 0 Å². The topological polar surface area (TPSA) is 53.7 Å². The fraction of sp³-hybridized carbons (Fsp3) is 1.00. The van der Waals surface area contributed by atoms with E-state index in [1.165, 1.54) is 64.2 Å². The van der Waals surface area contributed by atoms with Crippen molar-refractivity contribution in [3.8, 4) is 0 Å².